The summed E-state index contributed by atoms with van der Waals surface area (Å²) < 4.78 is 0. The monoisotopic (exact) mass is 676 g/mol. The predicted octanol–water partition coefficient (Wildman–Crippen LogP) is 9.10. The van der Waals surface area contributed by atoms with Crippen LogP contribution in [0.2, 0.25) is 0 Å². The average molecular weight is 677 g/mol. The van der Waals surface area contributed by atoms with Crippen LogP contribution in [-0.2, 0) is 9.59 Å². The van der Waals surface area contributed by atoms with Crippen molar-refractivity contribution in [2.45, 2.75) is 0 Å². The Labute approximate surface area is 297 Å². The summed E-state index contributed by atoms with van der Waals surface area (Å²) in [7, 11) is 0. The third-order valence-electron chi connectivity index (χ3n) is 8.82. The Bertz CT molecular complexity index is 2670. The summed E-state index contributed by atoms with van der Waals surface area (Å²) in [5.41, 5.74) is 11.1. The van der Waals surface area contributed by atoms with Crippen LogP contribution in [0.1, 0.15) is 28.3 Å². The first kappa shape index (κ1) is 31.7. The molecule has 0 atom stereocenters. The number of aliphatic carboxylic acids is 2. The number of carbonyl (C=O) groups is 2. The molecular formula is C44H28N4O4. The van der Waals surface area contributed by atoms with Crippen molar-refractivity contribution < 1.29 is 19.8 Å². The SMILES string of the molecule is O=C(O)C(=CC#Cc1c2nc(c(-c3ccccc3)c3ccc([nH]3)c(-c3ccccc3)c3nc(c(-c4ccccc4)c4ccc1[nH]4)C=C3)C=C2)C(=O)O. The molecule has 5 heterocycles. The van der Waals surface area contributed by atoms with Gasteiger partial charge in [0.1, 0.15) is 0 Å². The second-order valence-electron chi connectivity index (χ2n) is 12.0. The number of hydrogen-bond donors (Lipinski definition) is 4. The minimum Gasteiger partial charge on any atom is -0.477 e. The maximum atomic E-state index is 11.6. The van der Waals surface area contributed by atoms with Crippen LogP contribution in [0.15, 0.2) is 127 Å². The Hall–Kier alpha value is -7.50. The molecule has 3 aromatic carbocycles. The van der Waals surface area contributed by atoms with E-state index >= 15 is 0 Å². The minimum atomic E-state index is -1.58. The van der Waals surface area contributed by atoms with Gasteiger partial charge in [0.05, 0.1) is 33.9 Å². The van der Waals surface area contributed by atoms with Crippen LogP contribution in [0.5, 0.6) is 0 Å². The van der Waals surface area contributed by atoms with Crippen LogP contribution < -0.4 is 0 Å². The summed E-state index contributed by atoms with van der Waals surface area (Å²) in [5.74, 6) is 2.52. The summed E-state index contributed by atoms with van der Waals surface area (Å²) in [5, 5.41) is 18.8. The molecule has 0 spiro atoms. The summed E-state index contributed by atoms with van der Waals surface area (Å²) >= 11 is 0. The highest BCUT2D eigenvalue weighted by Crippen LogP contribution is 2.36. The highest BCUT2D eigenvalue weighted by Gasteiger charge is 2.18. The molecule has 8 nitrogen and oxygen atoms in total. The van der Waals surface area contributed by atoms with Gasteiger partial charge in [-0.05, 0) is 65.3 Å². The number of carboxylic acid groups (broad SMARTS) is 2. The first-order chi connectivity index (χ1) is 25.4. The van der Waals surface area contributed by atoms with Crippen molar-refractivity contribution in [2.75, 3.05) is 0 Å². The highest BCUT2D eigenvalue weighted by atomic mass is 16.4. The number of rotatable bonds is 5. The number of fused-ring (bicyclic) bond motifs is 8. The standard InChI is InChI=1S/C44H28N4O4/c49-43(50)31(44(51)52)18-10-17-30-32-19-21-34(45-32)40(27-11-4-1-5-12-27)36-23-25-38(47-36)42(29-15-8-3-9-16-29)39-26-24-37(48-39)41(28-13-6-2-7-14-28)35-22-20-33(30)46-35/h1-9,11-16,18-26,45,48H,(H,49,50)(H,51,52). The van der Waals surface area contributed by atoms with Crippen LogP contribution in [0, 0.1) is 11.8 Å². The molecule has 0 saturated heterocycles. The molecule has 2 aliphatic rings. The van der Waals surface area contributed by atoms with Gasteiger partial charge in [0.25, 0.3) is 0 Å². The third-order valence-corrected chi connectivity index (χ3v) is 8.82. The van der Waals surface area contributed by atoms with E-state index in [0.29, 0.717) is 22.5 Å². The van der Waals surface area contributed by atoms with Gasteiger partial charge in [-0.25, -0.2) is 19.6 Å². The van der Waals surface area contributed by atoms with E-state index in [4.69, 9.17) is 9.97 Å². The van der Waals surface area contributed by atoms with E-state index in [1.165, 1.54) is 0 Å². The second-order valence-corrected chi connectivity index (χ2v) is 12.0. The van der Waals surface area contributed by atoms with E-state index in [1.54, 1.807) is 0 Å². The zero-order chi connectivity index (χ0) is 35.6. The van der Waals surface area contributed by atoms with Crippen LogP contribution in [0.4, 0.5) is 0 Å². The average Bonchev–Trinajstić information content (AvgIpc) is 4.00. The zero-order valence-corrected chi connectivity index (χ0v) is 27.5. The van der Waals surface area contributed by atoms with Crippen LogP contribution >= 0.6 is 0 Å². The predicted molar refractivity (Wildman–Crippen MR) is 205 cm³/mol. The quantitative estimate of drug-likeness (QED) is 0.0622. The molecule has 8 heteroatoms. The van der Waals surface area contributed by atoms with Gasteiger partial charge in [-0.3, -0.25) is 0 Å². The number of carboxylic acids is 2. The number of nitrogens with zero attached hydrogens (tertiary/aromatic N) is 2. The summed E-state index contributed by atoms with van der Waals surface area (Å²) in [6.07, 6.45) is 8.73. The van der Waals surface area contributed by atoms with Gasteiger partial charge in [0.15, 0.2) is 5.57 Å². The van der Waals surface area contributed by atoms with Gasteiger partial charge in [-0.2, -0.15) is 0 Å². The van der Waals surface area contributed by atoms with Crippen LogP contribution in [-0.4, -0.2) is 42.1 Å². The molecule has 2 aliphatic heterocycles. The van der Waals surface area contributed by atoms with Crippen LogP contribution in [0.25, 0.3) is 79.8 Å². The third kappa shape index (κ3) is 5.99. The summed E-state index contributed by atoms with van der Waals surface area (Å²) in [6, 6.07) is 38.1. The van der Waals surface area contributed by atoms with Crippen molar-refractivity contribution in [2.24, 2.45) is 0 Å². The molecule has 6 aromatic rings. The molecule has 8 rings (SSSR count). The van der Waals surface area contributed by atoms with E-state index < -0.39 is 17.5 Å². The zero-order valence-electron chi connectivity index (χ0n) is 27.5. The van der Waals surface area contributed by atoms with Crippen molar-refractivity contribution >= 4 is 58.3 Å². The van der Waals surface area contributed by atoms with E-state index in [-0.39, 0.29) is 0 Å². The van der Waals surface area contributed by atoms with Crippen molar-refractivity contribution in [3.05, 3.63) is 155 Å². The van der Waals surface area contributed by atoms with Gasteiger partial charge >= 0.3 is 11.9 Å². The number of aromatic nitrogens is 4. The summed E-state index contributed by atoms with van der Waals surface area (Å²) in [6.45, 7) is 0. The Morgan fingerprint density at radius 2 is 0.865 bits per heavy atom. The molecule has 0 aliphatic carbocycles. The molecule has 0 fully saturated rings. The van der Waals surface area contributed by atoms with Gasteiger partial charge in [0.2, 0.25) is 0 Å². The highest BCUT2D eigenvalue weighted by molar-refractivity contribution is 6.12. The fourth-order valence-electron chi connectivity index (χ4n) is 6.46. The number of H-pyrrole nitrogens is 2. The lowest BCUT2D eigenvalue weighted by Gasteiger charge is -2.06. The lowest BCUT2D eigenvalue weighted by molar-refractivity contribution is -0.140. The minimum absolute atomic E-state index is 0.457. The van der Waals surface area contributed by atoms with Crippen molar-refractivity contribution in [3.8, 4) is 45.2 Å². The van der Waals surface area contributed by atoms with Gasteiger partial charge in [-0.1, -0.05) is 103 Å². The fraction of sp³-hybridized carbons (Fsp3) is 0. The maximum absolute atomic E-state index is 11.6. The van der Waals surface area contributed by atoms with Crippen molar-refractivity contribution in [1.29, 1.82) is 0 Å². The Morgan fingerprint density at radius 3 is 1.29 bits per heavy atom. The number of hydrogen-bond acceptors (Lipinski definition) is 4. The molecule has 248 valence electrons. The van der Waals surface area contributed by atoms with E-state index in [1.807, 2.05) is 121 Å². The molecule has 0 unspecified atom stereocenters. The van der Waals surface area contributed by atoms with Crippen molar-refractivity contribution in [3.63, 3.8) is 0 Å². The number of allylic oxidation sites excluding steroid dienone is 1. The lowest BCUT2D eigenvalue weighted by Crippen LogP contribution is -2.10. The van der Waals surface area contributed by atoms with Gasteiger partial charge in [0, 0.05) is 39.3 Å². The van der Waals surface area contributed by atoms with E-state index in [9.17, 15) is 19.8 Å². The molecular weight excluding hydrogens is 649 g/mol. The van der Waals surface area contributed by atoms with E-state index in [2.05, 4.69) is 40.0 Å². The summed E-state index contributed by atoms with van der Waals surface area (Å²) in [4.78, 5) is 40.7. The normalized spacial score (nSPS) is 11.5. The van der Waals surface area contributed by atoms with E-state index in [0.717, 1.165) is 67.4 Å². The van der Waals surface area contributed by atoms with Crippen LogP contribution in [0.3, 0.4) is 0 Å². The molecule has 0 saturated carbocycles. The number of nitrogens with one attached hydrogen (secondary N) is 2. The Morgan fingerprint density at radius 1 is 0.500 bits per heavy atom. The molecule has 0 amide bonds. The maximum Gasteiger partial charge on any atom is 0.343 e. The second kappa shape index (κ2) is 13.4. The first-order valence-electron chi connectivity index (χ1n) is 16.5. The van der Waals surface area contributed by atoms with Crippen molar-refractivity contribution in [1.82, 2.24) is 19.9 Å². The first-order valence-corrected chi connectivity index (χ1v) is 16.5. The Kier molecular flexibility index (Phi) is 8.20. The largest absolute Gasteiger partial charge is 0.477 e. The molecule has 4 N–H and O–H groups in total. The fourth-order valence-corrected chi connectivity index (χ4v) is 6.46. The molecule has 8 bridgehead atoms. The lowest BCUT2D eigenvalue weighted by atomic mass is 10.0. The Balaban J connectivity index is 1.54. The topological polar surface area (TPSA) is 132 Å². The van der Waals surface area contributed by atoms with Gasteiger partial charge in [-0.15, -0.1) is 0 Å². The molecule has 3 aromatic heterocycles. The smallest absolute Gasteiger partial charge is 0.343 e. The van der Waals surface area contributed by atoms with Gasteiger partial charge < -0.3 is 20.2 Å². The molecule has 52 heavy (non-hydrogen) atoms. The molecule has 0 radical (unpaired) electrons. The number of aromatic amines is 2. The number of benzene rings is 3.